The number of pyridine rings is 1. The van der Waals surface area contributed by atoms with Crippen molar-refractivity contribution < 1.29 is 27.8 Å². The molecular formula is C12H12F3NO3. The van der Waals surface area contributed by atoms with E-state index in [0.717, 1.165) is 0 Å². The average Bonchev–Trinajstić information content (AvgIpc) is 2.36. The standard InChI is InChI=1S/C12H12F3NO3/c1-8(10(17)9-3-2-5-16-7-9)11(18)19-6-4-12(13,14)15/h2-3,5,7,10,17H,1,4,6H2. The summed E-state index contributed by atoms with van der Waals surface area (Å²) in [6, 6.07) is 3.05. The summed E-state index contributed by atoms with van der Waals surface area (Å²) in [7, 11) is 0. The second kappa shape index (κ2) is 6.33. The van der Waals surface area contributed by atoms with Gasteiger partial charge < -0.3 is 9.84 Å². The molecule has 0 amide bonds. The van der Waals surface area contributed by atoms with Gasteiger partial charge in [0.25, 0.3) is 0 Å². The molecule has 1 N–H and O–H groups in total. The van der Waals surface area contributed by atoms with Crippen molar-refractivity contribution in [2.24, 2.45) is 0 Å². The van der Waals surface area contributed by atoms with Crippen molar-refractivity contribution in [1.82, 2.24) is 4.98 Å². The first-order chi connectivity index (χ1) is 8.81. The average molecular weight is 275 g/mol. The van der Waals surface area contributed by atoms with E-state index in [-0.39, 0.29) is 5.57 Å². The number of alkyl halides is 3. The Labute approximate surface area is 107 Å². The molecule has 0 bridgehead atoms. The quantitative estimate of drug-likeness (QED) is 0.661. The number of aliphatic hydroxyl groups excluding tert-OH is 1. The van der Waals surface area contributed by atoms with Gasteiger partial charge in [-0.15, -0.1) is 0 Å². The molecule has 104 valence electrons. The Morgan fingerprint density at radius 1 is 1.53 bits per heavy atom. The molecule has 0 aliphatic heterocycles. The van der Waals surface area contributed by atoms with Crippen molar-refractivity contribution in [2.75, 3.05) is 6.61 Å². The fourth-order valence-corrected chi connectivity index (χ4v) is 1.20. The third kappa shape index (κ3) is 5.09. The summed E-state index contributed by atoms with van der Waals surface area (Å²) in [5.41, 5.74) is -0.0320. The Morgan fingerprint density at radius 2 is 2.21 bits per heavy atom. The highest BCUT2D eigenvalue weighted by atomic mass is 19.4. The van der Waals surface area contributed by atoms with E-state index in [1.54, 1.807) is 6.07 Å². The second-order valence-electron chi connectivity index (χ2n) is 3.72. The molecule has 7 heteroatoms. The monoisotopic (exact) mass is 275 g/mol. The summed E-state index contributed by atoms with van der Waals surface area (Å²) >= 11 is 0. The number of rotatable bonds is 5. The van der Waals surface area contributed by atoms with Crippen LogP contribution in [0.3, 0.4) is 0 Å². The molecule has 0 aromatic carbocycles. The summed E-state index contributed by atoms with van der Waals surface area (Å²) in [4.78, 5) is 15.1. The van der Waals surface area contributed by atoms with Crippen LogP contribution < -0.4 is 0 Å². The van der Waals surface area contributed by atoms with Gasteiger partial charge in [-0.05, 0) is 6.07 Å². The number of hydrogen-bond donors (Lipinski definition) is 1. The minimum atomic E-state index is -4.40. The first kappa shape index (κ1) is 15.2. The van der Waals surface area contributed by atoms with E-state index in [4.69, 9.17) is 0 Å². The number of nitrogens with zero attached hydrogens (tertiary/aromatic N) is 1. The van der Waals surface area contributed by atoms with E-state index in [0.29, 0.717) is 5.56 Å². The van der Waals surface area contributed by atoms with E-state index in [2.05, 4.69) is 16.3 Å². The summed E-state index contributed by atoms with van der Waals surface area (Å²) in [6.07, 6.45) is -4.20. The van der Waals surface area contributed by atoms with Crippen LogP contribution in [-0.4, -0.2) is 28.8 Å². The third-order valence-corrected chi connectivity index (χ3v) is 2.21. The van der Waals surface area contributed by atoms with Gasteiger partial charge in [0, 0.05) is 18.0 Å². The molecule has 4 nitrogen and oxygen atoms in total. The minimum absolute atomic E-state index is 0.306. The van der Waals surface area contributed by atoms with Gasteiger partial charge in [0.05, 0.1) is 12.0 Å². The molecule has 0 radical (unpaired) electrons. The molecule has 1 unspecified atom stereocenters. The molecule has 0 aliphatic carbocycles. The van der Waals surface area contributed by atoms with Crippen LogP contribution in [0, 0.1) is 0 Å². The zero-order chi connectivity index (χ0) is 14.5. The Hall–Kier alpha value is -1.89. The van der Waals surface area contributed by atoms with Crippen LogP contribution in [0.2, 0.25) is 0 Å². The normalized spacial score (nSPS) is 12.8. The Bertz CT molecular complexity index is 445. The van der Waals surface area contributed by atoms with E-state index in [9.17, 15) is 23.1 Å². The highest BCUT2D eigenvalue weighted by Gasteiger charge is 2.28. The maximum absolute atomic E-state index is 11.9. The Morgan fingerprint density at radius 3 is 2.74 bits per heavy atom. The van der Waals surface area contributed by atoms with E-state index in [1.165, 1.54) is 18.5 Å². The van der Waals surface area contributed by atoms with Crippen molar-refractivity contribution in [2.45, 2.75) is 18.7 Å². The molecule has 0 fully saturated rings. The van der Waals surface area contributed by atoms with Gasteiger partial charge in [-0.25, -0.2) is 4.79 Å². The van der Waals surface area contributed by atoms with Crippen LogP contribution >= 0.6 is 0 Å². The number of carbonyl (C=O) groups excluding carboxylic acids is 1. The number of hydrogen-bond acceptors (Lipinski definition) is 4. The third-order valence-electron chi connectivity index (χ3n) is 2.21. The van der Waals surface area contributed by atoms with E-state index in [1.807, 2.05) is 0 Å². The van der Waals surface area contributed by atoms with Gasteiger partial charge >= 0.3 is 12.1 Å². The van der Waals surface area contributed by atoms with Crippen LogP contribution in [0.4, 0.5) is 13.2 Å². The predicted octanol–water partition coefficient (Wildman–Crippen LogP) is 2.17. The summed E-state index contributed by atoms with van der Waals surface area (Å²) in [5, 5.41) is 9.76. The molecule has 1 rings (SSSR count). The van der Waals surface area contributed by atoms with Crippen LogP contribution in [0.25, 0.3) is 0 Å². The second-order valence-corrected chi connectivity index (χ2v) is 3.72. The van der Waals surface area contributed by atoms with Gasteiger partial charge in [0.2, 0.25) is 0 Å². The van der Waals surface area contributed by atoms with Crippen LogP contribution in [0.1, 0.15) is 18.1 Å². The van der Waals surface area contributed by atoms with E-state index >= 15 is 0 Å². The van der Waals surface area contributed by atoms with Crippen LogP contribution in [0.15, 0.2) is 36.7 Å². The maximum Gasteiger partial charge on any atom is 0.392 e. The van der Waals surface area contributed by atoms with Gasteiger partial charge in [0.1, 0.15) is 12.7 Å². The number of aromatic nitrogens is 1. The number of esters is 1. The summed E-state index contributed by atoms with van der Waals surface area (Å²) in [5.74, 6) is -1.07. The van der Waals surface area contributed by atoms with Crippen molar-refractivity contribution >= 4 is 5.97 Å². The molecule has 1 heterocycles. The molecule has 1 aromatic rings. The highest BCUT2D eigenvalue weighted by molar-refractivity contribution is 5.89. The smallest absolute Gasteiger partial charge is 0.392 e. The largest absolute Gasteiger partial charge is 0.462 e. The number of aliphatic hydroxyl groups is 1. The lowest BCUT2D eigenvalue weighted by Crippen LogP contribution is -2.18. The SMILES string of the molecule is C=C(C(=O)OCCC(F)(F)F)C(O)c1cccnc1. The first-order valence-corrected chi connectivity index (χ1v) is 5.32. The van der Waals surface area contributed by atoms with Gasteiger partial charge in [-0.3, -0.25) is 4.98 Å². The minimum Gasteiger partial charge on any atom is -0.462 e. The Kier molecular flexibility index (Phi) is 5.05. The molecule has 1 atom stereocenters. The van der Waals surface area contributed by atoms with Crippen LogP contribution in [0.5, 0.6) is 0 Å². The Balaban J connectivity index is 2.51. The lowest BCUT2D eigenvalue weighted by atomic mass is 10.1. The molecule has 0 saturated carbocycles. The molecule has 0 spiro atoms. The van der Waals surface area contributed by atoms with Crippen molar-refractivity contribution in [3.63, 3.8) is 0 Å². The molecular weight excluding hydrogens is 263 g/mol. The number of halogens is 3. The van der Waals surface area contributed by atoms with Crippen LogP contribution in [-0.2, 0) is 9.53 Å². The predicted molar refractivity (Wildman–Crippen MR) is 60.0 cm³/mol. The first-order valence-electron chi connectivity index (χ1n) is 5.32. The lowest BCUT2D eigenvalue weighted by molar-refractivity contribution is -0.156. The van der Waals surface area contributed by atoms with E-state index < -0.39 is 31.3 Å². The summed E-state index contributed by atoms with van der Waals surface area (Å²) < 4.78 is 40.0. The van der Waals surface area contributed by atoms with Crippen molar-refractivity contribution in [1.29, 1.82) is 0 Å². The number of ether oxygens (including phenoxy) is 1. The highest BCUT2D eigenvalue weighted by Crippen LogP contribution is 2.22. The zero-order valence-corrected chi connectivity index (χ0v) is 9.85. The fourth-order valence-electron chi connectivity index (χ4n) is 1.20. The lowest BCUT2D eigenvalue weighted by Gasteiger charge is -2.13. The number of carbonyl (C=O) groups is 1. The molecule has 0 saturated heterocycles. The van der Waals surface area contributed by atoms with Gasteiger partial charge in [0.15, 0.2) is 0 Å². The topological polar surface area (TPSA) is 59.4 Å². The molecule has 0 aliphatic rings. The summed E-state index contributed by atoms with van der Waals surface area (Å²) in [6.45, 7) is 2.51. The van der Waals surface area contributed by atoms with Gasteiger partial charge in [-0.2, -0.15) is 13.2 Å². The van der Waals surface area contributed by atoms with Crippen molar-refractivity contribution in [3.05, 3.63) is 42.2 Å². The maximum atomic E-state index is 11.9. The fraction of sp³-hybridized carbons (Fsp3) is 0.333. The van der Waals surface area contributed by atoms with Gasteiger partial charge in [-0.1, -0.05) is 12.6 Å². The molecule has 19 heavy (non-hydrogen) atoms. The molecule has 1 aromatic heterocycles. The van der Waals surface area contributed by atoms with Crippen molar-refractivity contribution in [3.8, 4) is 0 Å². The zero-order valence-electron chi connectivity index (χ0n) is 9.85.